The van der Waals surface area contributed by atoms with E-state index in [0.29, 0.717) is 0 Å². The number of rotatable bonds is 1. The van der Waals surface area contributed by atoms with Gasteiger partial charge in [-0.15, -0.1) is 0 Å². The Kier molecular flexibility index (Phi) is 0.847. The summed E-state index contributed by atoms with van der Waals surface area (Å²) in [6, 6.07) is 0. The van der Waals surface area contributed by atoms with Crippen LogP contribution in [0.25, 0.3) is 0 Å². The zero-order valence-electron chi connectivity index (χ0n) is 4.89. The maximum Gasteiger partial charge on any atom is -0.0608 e. The highest BCUT2D eigenvalue weighted by atomic mass is 16.0. The molecule has 0 unspecified atom stereocenters. The minimum Gasteiger partial charge on any atom is -0.211 e. The minimum absolute atomic E-state index is 1.47. The lowest BCUT2D eigenvalue weighted by atomic mass is 12.2. The second-order valence-corrected chi connectivity index (χ2v) is 1.57. The zero-order valence-corrected chi connectivity index (χ0v) is 4.89. The predicted molar refractivity (Wildman–Crippen MR) is 29.7 cm³/mol. The van der Waals surface area contributed by atoms with Crippen LogP contribution in [0.3, 0.4) is 0 Å². The Morgan fingerprint density at radius 3 is 1.10 bits per heavy atom. The van der Waals surface area contributed by atoms with Gasteiger partial charge in [0, 0.05) is 0 Å². The first kappa shape index (κ1) is 4.84. The maximum atomic E-state index is 2.68. The molecule has 10 nitrogen and oxygen atoms in total. The number of hydrogen-bond donors (Lipinski definition) is 8. The van der Waals surface area contributed by atoms with Crippen LogP contribution in [0, 0.1) is 0 Å². The molecule has 10 heteroatoms. The van der Waals surface area contributed by atoms with Gasteiger partial charge in [-0.2, -0.15) is 20.9 Å². The Morgan fingerprint density at radius 1 is 0.500 bits per heavy atom. The average Bonchev–Trinajstić information content (AvgIpc) is 2.59. The summed E-state index contributed by atoms with van der Waals surface area (Å²) >= 11 is 0. The first-order valence-corrected chi connectivity index (χ1v) is 2.59. The molecule has 2 heterocycles. The van der Waals surface area contributed by atoms with Gasteiger partial charge in [-0.05, 0) is 0 Å². The number of nitrogens with zero attached hydrogens (tertiary/aromatic N) is 2. The van der Waals surface area contributed by atoms with Gasteiger partial charge < -0.3 is 0 Å². The standard InChI is InChI=1S/H8N10/c1-2-6-9(5-1)10-7-3-4-8-10/h1-8H. The van der Waals surface area contributed by atoms with Crippen LogP contribution in [0.15, 0.2) is 0 Å². The van der Waals surface area contributed by atoms with Gasteiger partial charge in [0.25, 0.3) is 0 Å². The smallest absolute Gasteiger partial charge is 0.0608 e. The molecule has 2 aromatic heterocycles. The molecule has 0 radical (unpaired) electrons. The third kappa shape index (κ3) is 0.586. The Hall–Kier alpha value is -2.00. The lowest BCUT2D eigenvalue weighted by Crippen LogP contribution is -2.16. The molecule has 0 aliphatic carbocycles. The molecule has 0 spiro atoms. The lowest BCUT2D eigenvalue weighted by molar-refractivity contribution is 0.364. The summed E-state index contributed by atoms with van der Waals surface area (Å²) in [5.41, 5.74) is 0. The van der Waals surface area contributed by atoms with E-state index < -0.39 is 0 Å². The fraction of sp³-hybridized carbons (Fsp3) is 0. The maximum absolute atomic E-state index is 2.68. The van der Waals surface area contributed by atoms with Crippen LogP contribution >= 0.6 is 0 Å². The van der Waals surface area contributed by atoms with Crippen LogP contribution in [-0.4, -0.2) is 51.5 Å². The molecule has 0 aliphatic rings. The summed E-state index contributed by atoms with van der Waals surface area (Å²) in [6.45, 7) is 0. The van der Waals surface area contributed by atoms with Gasteiger partial charge in [-0.25, -0.2) is 20.9 Å². The Labute approximate surface area is 52.7 Å². The molecule has 2 rings (SSSR count). The number of hydrogen-bond acceptors (Lipinski definition) is 0. The van der Waals surface area contributed by atoms with Crippen LogP contribution in [0.1, 0.15) is 0 Å². The first-order valence-electron chi connectivity index (χ1n) is 2.59. The molecule has 0 aromatic carbocycles. The molecule has 10 heavy (non-hydrogen) atoms. The molecule has 8 N–H and O–H groups in total. The van der Waals surface area contributed by atoms with Crippen molar-refractivity contribution in [1.29, 1.82) is 0 Å². The summed E-state index contributed by atoms with van der Waals surface area (Å²) in [5, 5.41) is 21.1. The molecule has 58 valence electrons. The van der Waals surface area contributed by atoms with Crippen LogP contribution in [0.4, 0.5) is 0 Å². The SMILES string of the molecule is [nH]1[nH][nH]n(-n2[nH][nH][nH][nH]2)[nH]1. The molecular weight excluding hydrogens is 140 g/mol. The van der Waals surface area contributed by atoms with Gasteiger partial charge >= 0.3 is 0 Å². The highest BCUT2D eigenvalue weighted by Gasteiger charge is 1.84. The van der Waals surface area contributed by atoms with Gasteiger partial charge in [-0.1, -0.05) is 9.81 Å². The highest BCUT2D eigenvalue weighted by Crippen LogP contribution is 1.65. The molecule has 2 aromatic rings. The number of aromatic amines is 8. The molecular formula is H8N10. The van der Waals surface area contributed by atoms with Crippen molar-refractivity contribution in [1.82, 2.24) is 51.5 Å². The van der Waals surface area contributed by atoms with Crippen LogP contribution < -0.4 is 0 Å². The quantitative estimate of drug-likeness (QED) is 0.238. The van der Waals surface area contributed by atoms with E-state index in [1.165, 1.54) is 9.81 Å². The monoisotopic (exact) mass is 148 g/mol. The van der Waals surface area contributed by atoms with Gasteiger partial charge in [0.2, 0.25) is 0 Å². The molecule has 0 saturated heterocycles. The van der Waals surface area contributed by atoms with Gasteiger partial charge in [0.05, 0.1) is 0 Å². The predicted octanol–water partition coefficient (Wildman–Crippen LogP) is -1.53. The zero-order chi connectivity index (χ0) is 6.81. The van der Waals surface area contributed by atoms with E-state index >= 15 is 0 Å². The minimum atomic E-state index is 1.47. The molecule has 0 fully saturated rings. The molecule has 0 bridgehead atoms. The molecule has 0 amide bonds. The van der Waals surface area contributed by atoms with Crippen LogP contribution in [-0.2, 0) is 0 Å². The highest BCUT2D eigenvalue weighted by molar-refractivity contribution is 4.17. The Bertz CT molecular complexity index is 239. The summed E-state index contributed by atoms with van der Waals surface area (Å²) in [4.78, 5) is 2.93. The topological polar surface area (TPSA) is 136 Å². The van der Waals surface area contributed by atoms with Gasteiger partial charge in [0.15, 0.2) is 0 Å². The van der Waals surface area contributed by atoms with Crippen molar-refractivity contribution in [3.8, 4) is 0 Å². The van der Waals surface area contributed by atoms with Crippen molar-refractivity contribution < 1.29 is 0 Å². The normalized spacial score (nSPS) is 10.0. The van der Waals surface area contributed by atoms with E-state index in [-0.39, 0.29) is 0 Å². The molecule has 0 aliphatic heterocycles. The summed E-state index contributed by atoms with van der Waals surface area (Å²) in [7, 11) is 0. The number of nitrogens with one attached hydrogen (secondary N) is 8. The second-order valence-electron chi connectivity index (χ2n) is 1.57. The Balaban J connectivity index is 2.48. The van der Waals surface area contributed by atoms with Crippen molar-refractivity contribution in [3.05, 3.63) is 0 Å². The van der Waals surface area contributed by atoms with E-state index in [9.17, 15) is 0 Å². The van der Waals surface area contributed by atoms with E-state index in [0.717, 1.165) is 0 Å². The third-order valence-corrected chi connectivity index (χ3v) is 0.972. The molecule has 0 saturated carbocycles. The van der Waals surface area contributed by atoms with E-state index in [1.807, 2.05) is 0 Å². The van der Waals surface area contributed by atoms with Gasteiger partial charge in [0.1, 0.15) is 0 Å². The summed E-state index contributed by atoms with van der Waals surface area (Å²) in [6.07, 6.45) is 0. The van der Waals surface area contributed by atoms with Crippen LogP contribution in [0.5, 0.6) is 0 Å². The van der Waals surface area contributed by atoms with E-state index in [4.69, 9.17) is 0 Å². The van der Waals surface area contributed by atoms with E-state index in [1.54, 1.807) is 0 Å². The average molecular weight is 148 g/mol. The second kappa shape index (κ2) is 1.75. The van der Waals surface area contributed by atoms with E-state index in [2.05, 4.69) is 41.7 Å². The van der Waals surface area contributed by atoms with Crippen molar-refractivity contribution in [2.45, 2.75) is 0 Å². The van der Waals surface area contributed by atoms with Crippen molar-refractivity contribution in [2.75, 3.05) is 0 Å². The van der Waals surface area contributed by atoms with Crippen molar-refractivity contribution in [2.24, 2.45) is 0 Å². The fourth-order valence-corrected chi connectivity index (χ4v) is 0.580. The molecule has 0 atom stereocenters. The van der Waals surface area contributed by atoms with Crippen LogP contribution in [0.2, 0.25) is 0 Å². The number of aromatic nitrogens is 10. The first-order chi connectivity index (χ1) is 4.97. The lowest BCUT2D eigenvalue weighted by Gasteiger charge is -1.95. The van der Waals surface area contributed by atoms with Gasteiger partial charge in [-0.3, -0.25) is 0 Å². The van der Waals surface area contributed by atoms with Crippen molar-refractivity contribution in [3.63, 3.8) is 0 Å². The summed E-state index contributed by atoms with van der Waals surface area (Å²) in [5.74, 6) is 0. The fourth-order valence-electron chi connectivity index (χ4n) is 0.580. The Morgan fingerprint density at radius 2 is 0.800 bits per heavy atom. The largest absolute Gasteiger partial charge is 0.211 e. The third-order valence-electron chi connectivity index (χ3n) is 0.972. The number of H-pyrrole nitrogens is 8. The van der Waals surface area contributed by atoms with Crippen molar-refractivity contribution >= 4 is 0 Å². The summed E-state index contributed by atoms with van der Waals surface area (Å²) < 4.78 is 0.